The third-order valence-corrected chi connectivity index (χ3v) is 2.19. The Morgan fingerprint density at radius 3 is 2.94 bits per heavy atom. The Labute approximate surface area is 97.3 Å². The van der Waals surface area contributed by atoms with E-state index in [2.05, 4.69) is 20.7 Å². The largest absolute Gasteiger partial charge is 0.320 e. The second-order valence-corrected chi connectivity index (χ2v) is 3.40. The van der Waals surface area contributed by atoms with Crippen molar-refractivity contribution >= 4 is 11.6 Å². The number of aromatic nitrogens is 3. The van der Waals surface area contributed by atoms with Crippen molar-refractivity contribution in [2.45, 2.75) is 6.92 Å². The van der Waals surface area contributed by atoms with Crippen molar-refractivity contribution in [3.8, 4) is 6.07 Å². The molecule has 2 N–H and O–H groups in total. The van der Waals surface area contributed by atoms with Gasteiger partial charge in [0.2, 0.25) is 0 Å². The van der Waals surface area contributed by atoms with Gasteiger partial charge in [-0.1, -0.05) is 6.07 Å². The molecule has 0 aliphatic heterocycles. The lowest BCUT2D eigenvalue weighted by molar-refractivity contribution is 0.102. The molecule has 1 heterocycles. The zero-order valence-electron chi connectivity index (χ0n) is 9.06. The van der Waals surface area contributed by atoms with Crippen LogP contribution in [-0.4, -0.2) is 21.3 Å². The number of nitrogens with zero attached hydrogens (tertiary/aromatic N) is 3. The van der Waals surface area contributed by atoms with E-state index in [0.29, 0.717) is 16.9 Å². The Hall–Kier alpha value is -2.68. The summed E-state index contributed by atoms with van der Waals surface area (Å²) in [5, 5.41) is 21.3. The van der Waals surface area contributed by atoms with Crippen LogP contribution in [0, 0.1) is 18.3 Å². The van der Waals surface area contributed by atoms with Crippen LogP contribution in [0.25, 0.3) is 0 Å². The Balaban J connectivity index is 2.19. The van der Waals surface area contributed by atoms with Gasteiger partial charge in [-0.3, -0.25) is 4.79 Å². The van der Waals surface area contributed by atoms with E-state index in [4.69, 9.17) is 5.26 Å². The molecule has 17 heavy (non-hydrogen) atoms. The van der Waals surface area contributed by atoms with Gasteiger partial charge < -0.3 is 5.32 Å². The molecule has 1 aromatic carbocycles. The summed E-state index contributed by atoms with van der Waals surface area (Å²) in [5.41, 5.74) is 1.81. The average molecular weight is 227 g/mol. The normalized spacial score (nSPS) is 9.65. The number of anilines is 1. The minimum absolute atomic E-state index is 0.243. The number of carbonyl (C=O) groups excluding carboxylic acids is 1. The molecule has 0 radical (unpaired) electrons. The molecule has 1 aromatic heterocycles. The summed E-state index contributed by atoms with van der Waals surface area (Å²) in [6, 6.07) is 8.66. The van der Waals surface area contributed by atoms with Crippen molar-refractivity contribution in [3.63, 3.8) is 0 Å². The van der Waals surface area contributed by atoms with Crippen LogP contribution in [0.1, 0.15) is 21.7 Å². The lowest BCUT2D eigenvalue weighted by Gasteiger charge is -2.03. The highest BCUT2D eigenvalue weighted by molar-refractivity contribution is 6.03. The molecule has 0 atom stereocenters. The fraction of sp³-hybridized carbons (Fsp3) is 0.0909. The van der Waals surface area contributed by atoms with Gasteiger partial charge in [0, 0.05) is 5.69 Å². The van der Waals surface area contributed by atoms with E-state index in [1.165, 1.54) is 0 Å². The Morgan fingerprint density at radius 2 is 2.29 bits per heavy atom. The number of H-pyrrole nitrogens is 1. The molecule has 0 aliphatic rings. The summed E-state index contributed by atoms with van der Waals surface area (Å²) in [7, 11) is 0. The van der Waals surface area contributed by atoms with Crippen LogP contribution in [0.4, 0.5) is 5.69 Å². The maximum absolute atomic E-state index is 11.8. The first-order chi connectivity index (χ1) is 8.20. The molecule has 1 amide bonds. The molecular weight excluding hydrogens is 218 g/mol. The van der Waals surface area contributed by atoms with Crippen LogP contribution in [0.5, 0.6) is 0 Å². The molecule has 2 aromatic rings. The predicted octanol–water partition coefficient (Wildman–Crippen LogP) is 1.24. The van der Waals surface area contributed by atoms with Gasteiger partial charge in [-0.2, -0.15) is 20.7 Å². The summed E-state index contributed by atoms with van der Waals surface area (Å²) in [4.78, 5) is 11.8. The van der Waals surface area contributed by atoms with E-state index in [-0.39, 0.29) is 11.6 Å². The van der Waals surface area contributed by atoms with Gasteiger partial charge in [0.05, 0.1) is 17.3 Å². The maximum Gasteiger partial charge on any atom is 0.278 e. The first-order valence-corrected chi connectivity index (χ1v) is 4.89. The highest BCUT2D eigenvalue weighted by Gasteiger charge is 2.13. The van der Waals surface area contributed by atoms with Gasteiger partial charge in [0.15, 0.2) is 5.69 Å². The highest BCUT2D eigenvalue weighted by Crippen LogP contribution is 2.11. The molecule has 0 saturated carbocycles. The van der Waals surface area contributed by atoms with E-state index in [9.17, 15) is 4.79 Å². The predicted molar refractivity (Wildman–Crippen MR) is 60.2 cm³/mol. The third-order valence-electron chi connectivity index (χ3n) is 2.19. The summed E-state index contributed by atoms with van der Waals surface area (Å²) in [5.74, 6) is -0.355. The number of aryl methyl sites for hydroxylation is 1. The van der Waals surface area contributed by atoms with Gasteiger partial charge in [-0.15, -0.1) is 0 Å². The van der Waals surface area contributed by atoms with Gasteiger partial charge >= 0.3 is 0 Å². The van der Waals surface area contributed by atoms with Crippen molar-refractivity contribution in [3.05, 3.63) is 41.2 Å². The number of nitriles is 1. The highest BCUT2D eigenvalue weighted by atomic mass is 16.2. The Bertz CT molecular complexity index is 596. The van der Waals surface area contributed by atoms with Crippen LogP contribution in [0.15, 0.2) is 24.3 Å². The first-order valence-electron chi connectivity index (χ1n) is 4.89. The second-order valence-electron chi connectivity index (χ2n) is 3.40. The molecule has 6 nitrogen and oxygen atoms in total. The molecule has 0 saturated heterocycles. The van der Waals surface area contributed by atoms with Crippen LogP contribution in [0.3, 0.4) is 0 Å². The smallest absolute Gasteiger partial charge is 0.278 e. The van der Waals surface area contributed by atoms with Crippen molar-refractivity contribution < 1.29 is 4.79 Å². The third kappa shape index (κ3) is 2.29. The van der Waals surface area contributed by atoms with Crippen LogP contribution in [-0.2, 0) is 0 Å². The minimum Gasteiger partial charge on any atom is -0.320 e. The lowest BCUT2D eigenvalue weighted by atomic mass is 10.2. The van der Waals surface area contributed by atoms with Crippen molar-refractivity contribution in [1.82, 2.24) is 15.4 Å². The standard InChI is InChI=1S/C11H9N5O/c1-7-10(15-16-14-7)11(17)13-9-4-2-3-8(5-9)6-12/h2-5H,1H3,(H,13,17)(H,14,15,16). The van der Waals surface area contributed by atoms with Gasteiger partial charge in [-0.25, -0.2) is 0 Å². The molecule has 0 aliphatic carbocycles. The van der Waals surface area contributed by atoms with E-state index >= 15 is 0 Å². The number of nitrogens with one attached hydrogen (secondary N) is 2. The van der Waals surface area contributed by atoms with Crippen LogP contribution < -0.4 is 5.32 Å². The molecule has 6 heteroatoms. The van der Waals surface area contributed by atoms with Gasteiger partial charge in [0.1, 0.15) is 0 Å². The Kier molecular flexibility index (Phi) is 2.83. The number of amides is 1. The molecule has 0 bridgehead atoms. The van der Waals surface area contributed by atoms with E-state index < -0.39 is 0 Å². The monoisotopic (exact) mass is 227 g/mol. The van der Waals surface area contributed by atoms with E-state index in [0.717, 1.165) is 0 Å². The topological polar surface area (TPSA) is 94.5 Å². The minimum atomic E-state index is -0.355. The molecule has 2 rings (SSSR count). The van der Waals surface area contributed by atoms with Crippen molar-refractivity contribution in [2.75, 3.05) is 5.32 Å². The van der Waals surface area contributed by atoms with Gasteiger partial charge in [0.25, 0.3) is 5.91 Å². The van der Waals surface area contributed by atoms with Crippen LogP contribution in [0.2, 0.25) is 0 Å². The number of benzene rings is 1. The Morgan fingerprint density at radius 1 is 1.47 bits per heavy atom. The second kappa shape index (κ2) is 4.45. The average Bonchev–Trinajstić information content (AvgIpc) is 2.76. The molecule has 84 valence electrons. The molecule has 0 spiro atoms. The van der Waals surface area contributed by atoms with Crippen molar-refractivity contribution in [1.29, 1.82) is 5.26 Å². The number of aromatic amines is 1. The zero-order chi connectivity index (χ0) is 12.3. The summed E-state index contributed by atoms with van der Waals surface area (Å²) < 4.78 is 0. The van der Waals surface area contributed by atoms with Crippen molar-refractivity contribution in [2.24, 2.45) is 0 Å². The maximum atomic E-state index is 11.8. The molecule has 0 unspecified atom stereocenters. The number of carbonyl (C=O) groups is 1. The van der Waals surface area contributed by atoms with Gasteiger partial charge in [-0.05, 0) is 25.1 Å². The first kappa shape index (κ1) is 10.8. The lowest BCUT2D eigenvalue weighted by Crippen LogP contribution is -2.13. The van der Waals surface area contributed by atoms with Crippen LogP contribution >= 0.6 is 0 Å². The number of rotatable bonds is 2. The number of hydrogen-bond donors (Lipinski definition) is 2. The fourth-order valence-electron chi connectivity index (χ4n) is 1.36. The SMILES string of the molecule is Cc1n[nH]nc1C(=O)Nc1cccc(C#N)c1. The molecule has 0 fully saturated rings. The number of hydrogen-bond acceptors (Lipinski definition) is 4. The summed E-state index contributed by atoms with van der Waals surface area (Å²) in [6.45, 7) is 1.68. The van der Waals surface area contributed by atoms with E-state index in [1.807, 2.05) is 6.07 Å². The molecular formula is C11H9N5O. The summed E-state index contributed by atoms with van der Waals surface area (Å²) in [6.07, 6.45) is 0. The quantitative estimate of drug-likeness (QED) is 0.806. The van der Waals surface area contributed by atoms with E-state index in [1.54, 1.807) is 31.2 Å². The fourth-order valence-corrected chi connectivity index (χ4v) is 1.36. The summed E-state index contributed by atoms with van der Waals surface area (Å²) >= 11 is 0. The zero-order valence-corrected chi connectivity index (χ0v) is 9.06.